The number of fused-ring (bicyclic) bond motifs is 5. The van der Waals surface area contributed by atoms with Gasteiger partial charge in [-0.2, -0.15) is 0 Å². The SMILES string of the molecule is CC(=O)C1CC[C@H]2[C@@H]3CCc4c(C)cccc4[C@H]3CC[C@]12C. The molecule has 0 aromatic heterocycles. The Morgan fingerprint density at radius 2 is 2.00 bits per heavy atom. The summed E-state index contributed by atoms with van der Waals surface area (Å²) < 4.78 is 0. The van der Waals surface area contributed by atoms with E-state index >= 15 is 0 Å². The highest BCUT2D eigenvalue weighted by Crippen LogP contribution is 2.63. The minimum Gasteiger partial charge on any atom is -0.300 e. The molecule has 0 bridgehead atoms. The van der Waals surface area contributed by atoms with Crippen LogP contribution in [0, 0.1) is 30.1 Å². The van der Waals surface area contributed by atoms with Crippen LogP contribution in [-0.4, -0.2) is 5.78 Å². The zero-order valence-electron chi connectivity index (χ0n) is 14.2. The average Bonchev–Trinajstić information content (AvgIpc) is 2.84. The van der Waals surface area contributed by atoms with Gasteiger partial charge in [0, 0.05) is 5.92 Å². The molecule has 1 heteroatoms. The zero-order chi connectivity index (χ0) is 15.5. The van der Waals surface area contributed by atoms with E-state index in [2.05, 4.69) is 32.0 Å². The van der Waals surface area contributed by atoms with E-state index in [1.807, 2.05) is 6.92 Å². The molecule has 0 spiro atoms. The van der Waals surface area contributed by atoms with Crippen molar-refractivity contribution < 1.29 is 4.79 Å². The van der Waals surface area contributed by atoms with E-state index in [-0.39, 0.29) is 5.41 Å². The van der Waals surface area contributed by atoms with Crippen LogP contribution in [0.25, 0.3) is 0 Å². The number of hydrogen-bond donors (Lipinski definition) is 0. The Balaban J connectivity index is 1.70. The largest absolute Gasteiger partial charge is 0.300 e. The van der Waals surface area contributed by atoms with Crippen LogP contribution in [0.3, 0.4) is 0 Å². The summed E-state index contributed by atoms with van der Waals surface area (Å²) in [7, 11) is 0. The fourth-order valence-corrected chi connectivity index (χ4v) is 6.47. The Morgan fingerprint density at radius 1 is 1.18 bits per heavy atom. The third-order valence-electron chi connectivity index (χ3n) is 7.50. The second-order valence-electron chi connectivity index (χ2n) is 8.34. The van der Waals surface area contributed by atoms with Gasteiger partial charge in [-0.25, -0.2) is 0 Å². The van der Waals surface area contributed by atoms with Crippen LogP contribution < -0.4 is 0 Å². The molecular formula is C21H28O. The summed E-state index contributed by atoms with van der Waals surface area (Å²) >= 11 is 0. The van der Waals surface area contributed by atoms with Crippen molar-refractivity contribution in [2.45, 2.75) is 65.2 Å². The Hall–Kier alpha value is -1.11. The second kappa shape index (κ2) is 4.94. The molecule has 3 aliphatic carbocycles. The molecule has 0 amide bonds. The first-order chi connectivity index (χ1) is 10.5. The third kappa shape index (κ3) is 1.87. The maximum atomic E-state index is 12.1. The van der Waals surface area contributed by atoms with Crippen LogP contribution >= 0.6 is 0 Å². The molecule has 5 atom stereocenters. The lowest BCUT2D eigenvalue weighted by Crippen LogP contribution is -2.43. The molecule has 3 aliphatic rings. The fourth-order valence-electron chi connectivity index (χ4n) is 6.47. The first kappa shape index (κ1) is 14.5. The Labute approximate surface area is 134 Å². The molecule has 0 radical (unpaired) electrons. The van der Waals surface area contributed by atoms with Crippen molar-refractivity contribution in [2.75, 3.05) is 0 Å². The van der Waals surface area contributed by atoms with E-state index < -0.39 is 0 Å². The Bertz CT molecular complexity index is 616. The van der Waals surface area contributed by atoms with Gasteiger partial charge in [-0.15, -0.1) is 0 Å². The quantitative estimate of drug-likeness (QED) is 0.708. The summed E-state index contributed by atoms with van der Waals surface area (Å²) in [4.78, 5) is 12.1. The van der Waals surface area contributed by atoms with Crippen molar-refractivity contribution in [3.05, 3.63) is 34.9 Å². The molecule has 22 heavy (non-hydrogen) atoms. The maximum absolute atomic E-state index is 12.1. The molecule has 2 fully saturated rings. The first-order valence-corrected chi connectivity index (χ1v) is 9.11. The van der Waals surface area contributed by atoms with Crippen molar-refractivity contribution in [3.63, 3.8) is 0 Å². The van der Waals surface area contributed by atoms with Crippen LogP contribution in [0.2, 0.25) is 0 Å². The fraction of sp³-hybridized carbons (Fsp3) is 0.667. The maximum Gasteiger partial charge on any atom is 0.133 e. The molecule has 118 valence electrons. The van der Waals surface area contributed by atoms with Gasteiger partial charge in [0.05, 0.1) is 0 Å². The molecule has 1 unspecified atom stereocenters. The minimum atomic E-state index is 0.286. The molecule has 1 aromatic carbocycles. The smallest absolute Gasteiger partial charge is 0.133 e. The number of carbonyl (C=O) groups excluding carboxylic acids is 1. The van der Waals surface area contributed by atoms with E-state index in [1.165, 1.54) is 37.7 Å². The van der Waals surface area contributed by atoms with Gasteiger partial charge in [0.2, 0.25) is 0 Å². The van der Waals surface area contributed by atoms with E-state index in [0.29, 0.717) is 11.7 Å². The normalized spacial score (nSPS) is 39.8. The van der Waals surface area contributed by atoms with E-state index in [1.54, 1.807) is 11.1 Å². The number of benzene rings is 1. The molecule has 1 aromatic rings. The van der Waals surface area contributed by atoms with Crippen LogP contribution in [-0.2, 0) is 11.2 Å². The van der Waals surface area contributed by atoms with E-state index in [4.69, 9.17) is 0 Å². The average molecular weight is 296 g/mol. The van der Waals surface area contributed by atoms with Crippen LogP contribution in [0.4, 0.5) is 0 Å². The minimum absolute atomic E-state index is 0.286. The van der Waals surface area contributed by atoms with Gasteiger partial charge in [-0.3, -0.25) is 4.79 Å². The summed E-state index contributed by atoms with van der Waals surface area (Å²) in [5, 5.41) is 0. The van der Waals surface area contributed by atoms with Gasteiger partial charge >= 0.3 is 0 Å². The number of carbonyl (C=O) groups is 1. The Morgan fingerprint density at radius 3 is 2.77 bits per heavy atom. The van der Waals surface area contributed by atoms with Crippen molar-refractivity contribution in [1.82, 2.24) is 0 Å². The molecular weight excluding hydrogens is 268 g/mol. The van der Waals surface area contributed by atoms with Gasteiger partial charge in [-0.1, -0.05) is 25.1 Å². The topological polar surface area (TPSA) is 17.1 Å². The van der Waals surface area contributed by atoms with Crippen molar-refractivity contribution >= 4 is 5.78 Å². The van der Waals surface area contributed by atoms with Gasteiger partial charge in [0.15, 0.2) is 0 Å². The highest BCUT2D eigenvalue weighted by molar-refractivity contribution is 5.79. The summed E-state index contributed by atoms with van der Waals surface area (Å²) in [6.45, 7) is 6.52. The lowest BCUT2D eigenvalue weighted by molar-refractivity contribution is -0.125. The van der Waals surface area contributed by atoms with Crippen LogP contribution in [0.1, 0.15) is 68.6 Å². The Kier molecular flexibility index (Phi) is 3.25. The monoisotopic (exact) mass is 296 g/mol. The van der Waals surface area contributed by atoms with Crippen LogP contribution in [0.5, 0.6) is 0 Å². The number of ketones is 1. The molecule has 0 aliphatic heterocycles. The number of hydrogen-bond acceptors (Lipinski definition) is 1. The van der Waals surface area contributed by atoms with E-state index in [9.17, 15) is 4.79 Å². The predicted octanol–water partition coefficient (Wildman–Crippen LogP) is 5.06. The summed E-state index contributed by atoms with van der Waals surface area (Å²) in [5.41, 5.74) is 5.05. The van der Waals surface area contributed by atoms with Crippen molar-refractivity contribution in [1.29, 1.82) is 0 Å². The van der Waals surface area contributed by atoms with Crippen molar-refractivity contribution in [3.8, 4) is 0 Å². The van der Waals surface area contributed by atoms with E-state index in [0.717, 1.165) is 24.2 Å². The number of rotatable bonds is 1. The first-order valence-electron chi connectivity index (χ1n) is 9.11. The summed E-state index contributed by atoms with van der Waals surface area (Å²) in [5.74, 6) is 3.12. The van der Waals surface area contributed by atoms with Crippen molar-refractivity contribution in [2.24, 2.45) is 23.2 Å². The standard InChI is InChI=1S/C21H28O/c1-13-5-4-6-16-15(13)7-8-18-17(16)11-12-21(3)19(14(2)22)9-10-20(18)21/h4-6,17-20H,7-12H2,1-3H3/t17-,18-,19?,20+,21-/m1/s1. The molecule has 0 saturated heterocycles. The lowest BCUT2D eigenvalue weighted by Gasteiger charge is -2.50. The number of aryl methyl sites for hydroxylation is 1. The molecule has 2 saturated carbocycles. The zero-order valence-corrected chi connectivity index (χ0v) is 14.2. The highest BCUT2D eigenvalue weighted by Gasteiger charge is 2.55. The molecule has 0 N–H and O–H groups in total. The highest BCUT2D eigenvalue weighted by atomic mass is 16.1. The van der Waals surface area contributed by atoms with Gasteiger partial charge in [-0.05, 0) is 92.2 Å². The second-order valence-corrected chi connectivity index (χ2v) is 8.34. The van der Waals surface area contributed by atoms with Gasteiger partial charge in [0.25, 0.3) is 0 Å². The number of Topliss-reactive ketones (excluding diaryl/α,β-unsaturated/α-hetero) is 1. The summed E-state index contributed by atoms with van der Waals surface area (Å²) in [6, 6.07) is 6.91. The lowest BCUT2D eigenvalue weighted by atomic mass is 9.53. The molecule has 0 heterocycles. The van der Waals surface area contributed by atoms with Gasteiger partial charge < -0.3 is 0 Å². The van der Waals surface area contributed by atoms with Crippen LogP contribution in [0.15, 0.2) is 18.2 Å². The van der Waals surface area contributed by atoms with Gasteiger partial charge in [0.1, 0.15) is 5.78 Å². The molecule has 4 rings (SSSR count). The predicted molar refractivity (Wildman–Crippen MR) is 90.0 cm³/mol. The summed E-state index contributed by atoms with van der Waals surface area (Å²) in [6.07, 6.45) is 7.55. The third-order valence-corrected chi connectivity index (χ3v) is 7.50. The molecule has 1 nitrogen and oxygen atoms in total.